The Hall–Kier alpha value is -2.22. The Morgan fingerprint density at radius 3 is 2.38 bits per heavy atom. The van der Waals surface area contributed by atoms with Crippen molar-refractivity contribution >= 4 is 15.7 Å². The molecule has 3 N–H and O–H groups in total. The molecular weight excluding hydrogens is 388 g/mol. The molecule has 7 heteroatoms. The van der Waals surface area contributed by atoms with E-state index in [9.17, 15) is 18.3 Å². The highest BCUT2D eigenvalue weighted by Gasteiger charge is 2.18. The van der Waals surface area contributed by atoms with Crippen LogP contribution in [0.4, 0.5) is 0 Å². The third-order valence-electron chi connectivity index (χ3n) is 5.40. The summed E-state index contributed by atoms with van der Waals surface area (Å²) < 4.78 is 23.9. The van der Waals surface area contributed by atoms with Gasteiger partial charge in [-0.2, -0.15) is 0 Å². The van der Waals surface area contributed by atoms with Crippen LogP contribution in [-0.2, 0) is 9.84 Å². The summed E-state index contributed by atoms with van der Waals surface area (Å²) in [5.41, 5.74) is 2.35. The molecule has 0 bridgehead atoms. The minimum absolute atomic E-state index is 0.0267. The topological polar surface area (TPSA) is 95.5 Å². The number of hydrogen-bond acceptors (Lipinski definition) is 5. The third-order valence-corrected chi connectivity index (χ3v) is 7.15. The first-order valence-electron chi connectivity index (χ1n) is 10.0. The van der Waals surface area contributed by atoms with Crippen LogP contribution in [-0.4, -0.2) is 38.3 Å². The van der Waals surface area contributed by atoms with Gasteiger partial charge in [0.1, 0.15) is 0 Å². The van der Waals surface area contributed by atoms with E-state index in [1.165, 1.54) is 30.5 Å². The highest BCUT2D eigenvalue weighted by atomic mass is 32.2. The number of nitrogens with one attached hydrogen (secondary N) is 2. The molecule has 0 aliphatic carbocycles. The molecular formula is C22H28N2O4S. The summed E-state index contributed by atoms with van der Waals surface area (Å²) in [5.74, 6) is -0.253. The lowest BCUT2D eigenvalue weighted by atomic mass is 9.96. The van der Waals surface area contributed by atoms with Gasteiger partial charge >= 0.3 is 0 Å². The molecule has 3 rings (SSSR count). The lowest BCUT2D eigenvalue weighted by molar-refractivity contribution is 0.0916. The van der Waals surface area contributed by atoms with Crippen LogP contribution in [0.3, 0.4) is 0 Å². The quantitative estimate of drug-likeness (QED) is 0.645. The van der Waals surface area contributed by atoms with E-state index in [0.717, 1.165) is 13.0 Å². The minimum atomic E-state index is -3.28. The van der Waals surface area contributed by atoms with Crippen LogP contribution in [0.1, 0.15) is 59.8 Å². The Morgan fingerprint density at radius 1 is 1.14 bits per heavy atom. The summed E-state index contributed by atoms with van der Waals surface area (Å²) >= 11 is 0. The van der Waals surface area contributed by atoms with Gasteiger partial charge in [0.25, 0.3) is 5.91 Å². The van der Waals surface area contributed by atoms with Gasteiger partial charge in [-0.1, -0.05) is 37.6 Å². The summed E-state index contributed by atoms with van der Waals surface area (Å²) in [6, 6.07) is 13.5. The van der Waals surface area contributed by atoms with Gasteiger partial charge in [-0.3, -0.25) is 4.79 Å². The van der Waals surface area contributed by atoms with Crippen molar-refractivity contribution in [3.05, 3.63) is 65.2 Å². The van der Waals surface area contributed by atoms with Crippen LogP contribution < -0.4 is 10.6 Å². The van der Waals surface area contributed by atoms with Crippen LogP contribution in [0.25, 0.3) is 0 Å². The normalized spacial score (nSPS) is 18.2. The van der Waals surface area contributed by atoms with E-state index in [1.54, 1.807) is 31.2 Å². The SMILES string of the molecule is CCS(=O)(=O)c1ccc([C@H](CO)NC(=O)c2ccc(C3CCCCN3)cc2)cc1. The predicted octanol–water partition coefficient (Wildman–Crippen LogP) is 2.76. The van der Waals surface area contributed by atoms with Crippen LogP contribution in [0.15, 0.2) is 53.4 Å². The summed E-state index contributed by atoms with van der Waals surface area (Å²) in [4.78, 5) is 12.8. The van der Waals surface area contributed by atoms with E-state index in [4.69, 9.17) is 0 Å². The summed E-state index contributed by atoms with van der Waals surface area (Å²) in [7, 11) is -3.28. The first-order chi connectivity index (χ1) is 13.9. The molecule has 2 aromatic rings. The molecule has 1 unspecified atom stereocenters. The Labute approximate surface area is 172 Å². The molecule has 6 nitrogen and oxygen atoms in total. The number of aliphatic hydroxyl groups excluding tert-OH is 1. The molecule has 1 aliphatic rings. The van der Waals surface area contributed by atoms with Crippen LogP contribution >= 0.6 is 0 Å². The molecule has 0 radical (unpaired) electrons. The number of sulfone groups is 1. The number of amides is 1. The van der Waals surface area contributed by atoms with Crippen LogP contribution in [0, 0.1) is 0 Å². The average Bonchev–Trinajstić information content (AvgIpc) is 2.78. The van der Waals surface area contributed by atoms with Gasteiger partial charge in [-0.05, 0) is 54.8 Å². The molecule has 2 aromatic carbocycles. The summed E-state index contributed by atoms with van der Waals surface area (Å²) in [6.07, 6.45) is 3.50. The Balaban J connectivity index is 1.68. The third kappa shape index (κ3) is 5.23. The van der Waals surface area contributed by atoms with Crippen molar-refractivity contribution in [1.82, 2.24) is 10.6 Å². The monoisotopic (exact) mass is 416 g/mol. The maximum atomic E-state index is 12.6. The van der Waals surface area contributed by atoms with Crippen LogP contribution in [0.5, 0.6) is 0 Å². The fourth-order valence-electron chi connectivity index (χ4n) is 3.55. The molecule has 0 aromatic heterocycles. The van der Waals surface area contributed by atoms with E-state index in [-0.39, 0.29) is 23.2 Å². The highest BCUT2D eigenvalue weighted by Crippen LogP contribution is 2.23. The van der Waals surface area contributed by atoms with Crippen molar-refractivity contribution in [2.75, 3.05) is 18.9 Å². The van der Waals surface area contributed by atoms with Gasteiger partial charge in [-0.15, -0.1) is 0 Å². The van der Waals surface area contributed by atoms with Gasteiger partial charge in [0, 0.05) is 11.6 Å². The molecule has 1 amide bonds. The van der Waals surface area contributed by atoms with E-state index >= 15 is 0 Å². The molecule has 1 aliphatic heterocycles. The number of carbonyl (C=O) groups is 1. The predicted molar refractivity (Wildman–Crippen MR) is 112 cm³/mol. The molecule has 156 valence electrons. The van der Waals surface area contributed by atoms with E-state index in [0.29, 0.717) is 17.2 Å². The first kappa shape index (κ1) is 21.5. The zero-order valence-corrected chi connectivity index (χ0v) is 17.4. The highest BCUT2D eigenvalue weighted by molar-refractivity contribution is 7.91. The fourth-order valence-corrected chi connectivity index (χ4v) is 4.44. The molecule has 29 heavy (non-hydrogen) atoms. The maximum Gasteiger partial charge on any atom is 0.251 e. The van der Waals surface area contributed by atoms with Crippen molar-refractivity contribution in [2.45, 2.75) is 43.2 Å². The largest absolute Gasteiger partial charge is 0.394 e. The number of rotatable bonds is 7. The molecule has 0 spiro atoms. The van der Waals surface area contributed by atoms with Gasteiger partial charge in [0.05, 0.1) is 23.3 Å². The molecule has 2 atom stereocenters. The van der Waals surface area contributed by atoms with Crippen molar-refractivity contribution < 1.29 is 18.3 Å². The Kier molecular flexibility index (Phi) is 7.05. The molecule has 1 heterocycles. The Bertz CT molecular complexity index is 918. The lowest BCUT2D eigenvalue weighted by Crippen LogP contribution is -2.31. The smallest absolute Gasteiger partial charge is 0.251 e. The standard InChI is InChI=1S/C22H28N2O4S/c1-2-29(27,28)19-12-10-17(11-13-19)21(15-25)24-22(26)18-8-6-16(7-9-18)20-5-3-4-14-23-20/h6-13,20-21,23,25H,2-5,14-15H2,1H3,(H,24,26)/t20?,21-/m0/s1. The van der Waals surface area contributed by atoms with Crippen molar-refractivity contribution in [3.63, 3.8) is 0 Å². The first-order valence-corrected chi connectivity index (χ1v) is 11.7. The molecule has 1 fully saturated rings. The molecule has 1 saturated heterocycles. The summed E-state index contributed by atoms with van der Waals surface area (Å²) in [6.45, 7) is 2.33. The fraction of sp³-hybridized carbons (Fsp3) is 0.409. The number of aliphatic hydroxyl groups is 1. The van der Waals surface area contributed by atoms with Gasteiger partial charge in [0.15, 0.2) is 9.84 Å². The number of piperidine rings is 1. The second kappa shape index (κ2) is 9.52. The minimum Gasteiger partial charge on any atom is -0.394 e. The number of carbonyl (C=O) groups excluding carboxylic acids is 1. The second-order valence-corrected chi connectivity index (χ2v) is 9.58. The van der Waals surface area contributed by atoms with Gasteiger partial charge in [-0.25, -0.2) is 8.42 Å². The zero-order valence-electron chi connectivity index (χ0n) is 16.6. The van der Waals surface area contributed by atoms with Crippen LogP contribution in [0.2, 0.25) is 0 Å². The number of benzene rings is 2. The number of hydrogen-bond donors (Lipinski definition) is 3. The van der Waals surface area contributed by atoms with E-state index < -0.39 is 15.9 Å². The average molecular weight is 417 g/mol. The molecule has 0 saturated carbocycles. The second-order valence-electron chi connectivity index (χ2n) is 7.31. The van der Waals surface area contributed by atoms with E-state index in [1.807, 2.05) is 12.1 Å². The Morgan fingerprint density at radius 2 is 1.83 bits per heavy atom. The van der Waals surface area contributed by atoms with Crippen molar-refractivity contribution in [2.24, 2.45) is 0 Å². The van der Waals surface area contributed by atoms with Crippen molar-refractivity contribution in [1.29, 1.82) is 0 Å². The van der Waals surface area contributed by atoms with E-state index in [2.05, 4.69) is 10.6 Å². The van der Waals surface area contributed by atoms with Gasteiger partial charge < -0.3 is 15.7 Å². The van der Waals surface area contributed by atoms with Gasteiger partial charge in [0.2, 0.25) is 0 Å². The lowest BCUT2D eigenvalue weighted by Gasteiger charge is -2.24. The maximum absolute atomic E-state index is 12.6. The zero-order chi connectivity index (χ0) is 20.9. The summed E-state index contributed by atoms with van der Waals surface area (Å²) in [5, 5.41) is 16.0. The van der Waals surface area contributed by atoms with Crippen molar-refractivity contribution in [3.8, 4) is 0 Å².